The molecule has 0 spiro atoms. The molecule has 3 aromatic rings. The van der Waals surface area contributed by atoms with Crippen LogP contribution in [0.4, 0.5) is 10.1 Å². The second-order valence-corrected chi connectivity index (χ2v) is 8.98. The molecular formula is C27H28FN3O. The average molecular weight is 430 g/mol. The standard InChI is InChI=1S/C27H28FN3O/c28-21-7-4-8-22-24(21)26(29)25-23(30-22)12-11-20(27(25)32)10-9-18-13-15-31(16-14-18)17-19-5-2-1-3-6-19/h1-8,10,18H,9,11-17H2,(H2,29,30)/b20-10-. The van der Waals surface area contributed by atoms with Crippen molar-refractivity contribution in [3.63, 3.8) is 0 Å². The van der Waals surface area contributed by atoms with E-state index in [9.17, 15) is 9.18 Å². The lowest BCUT2D eigenvalue weighted by Crippen LogP contribution is -2.33. The number of anilines is 1. The summed E-state index contributed by atoms with van der Waals surface area (Å²) in [6, 6.07) is 15.3. The van der Waals surface area contributed by atoms with Gasteiger partial charge in [0.2, 0.25) is 0 Å². The number of rotatable bonds is 4. The molecular weight excluding hydrogens is 401 g/mol. The normalized spacial score (nSPS) is 18.9. The summed E-state index contributed by atoms with van der Waals surface area (Å²) in [4.78, 5) is 20.2. The number of ketones is 1. The summed E-state index contributed by atoms with van der Waals surface area (Å²) in [7, 11) is 0. The minimum Gasteiger partial charge on any atom is -0.397 e. The lowest BCUT2D eigenvalue weighted by atomic mass is 9.85. The minimum atomic E-state index is -0.429. The highest BCUT2D eigenvalue weighted by atomic mass is 19.1. The maximum absolute atomic E-state index is 14.4. The number of carbonyl (C=O) groups is 1. The van der Waals surface area contributed by atoms with Crippen LogP contribution in [-0.4, -0.2) is 28.8 Å². The first-order valence-corrected chi connectivity index (χ1v) is 11.5. The van der Waals surface area contributed by atoms with Gasteiger partial charge in [-0.15, -0.1) is 0 Å². The summed E-state index contributed by atoms with van der Waals surface area (Å²) in [6.07, 6.45) is 6.63. The van der Waals surface area contributed by atoms with Gasteiger partial charge in [-0.1, -0.05) is 42.5 Å². The van der Waals surface area contributed by atoms with Crippen molar-refractivity contribution in [3.8, 4) is 0 Å². The molecule has 32 heavy (non-hydrogen) atoms. The summed E-state index contributed by atoms with van der Waals surface area (Å²) in [5.41, 5.74) is 10.3. The number of allylic oxidation sites excluding steroid dienone is 2. The molecule has 5 rings (SSSR count). The minimum absolute atomic E-state index is 0.0806. The number of hydrogen-bond donors (Lipinski definition) is 1. The van der Waals surface area contributed by atoms with Gasteiger partial charge >= 0.3 is 0 Å². The molecule has 2 N–H and O–H groups in total. The predicted molar refractivity (Wildman–Crippen MR) is 126 cm³/mol. The number of nitrogens with two attached hydrogens (primary N) is 1. The average Bonchev–Trinajstić information content (AvgIpc) is 2.80. The van der Waals surface area contributed by atoms with Gasteiger partial charge in [0.1, 0.15) is 5.82 Å². The summed E-state index contributed by atoms with van der Waals surface area (Å²) < 4.78 is 14.4. The number of carbonyl (C=O) groups excluding carboxylic acids is 1. The third-order valence-electron chi connectivity index (χ3n) is 6.88. The number of halogens is 1. The highest BCUT2D eigenvalue weighted by Gasteiger charge is 2.28. The number of pyridine rings is 1. The third-order valence-corrected chi connectivity index (χ3v) is 6.88. The van der Waals surface area contributed by atoms with Crippen LogP contribution in [0.3, 0.4) is 0 Å². The predicted octanol–water partition coefficient (Wildman–Crippen LogP) is 5.31. The van der Waals surface area contributed by atoms with Crippen LogP contribution in [0.15, 0.2) is 60.2 Å². The van der Waals surface area contributed by atoms with Gasteiger partial charge in [-0.25, -0.2) is 4.39 Å². The first kappa shape index (κ1) is 20.8. The zero-order chi connectivity index (χ0) is 22.1. The first-order valence-electron chi connectivity index (χ1n) is 11.5. The quantitative estimate of drug-likeness (QED) is 0.571. The van der Waals surface area contributed by atoms with Crippen LogP contribution < -0.4 is 5.73 Å². The molecule has 4 nitrogen and oxygen atoms in total. The molecule has 1 aliphatic carbocycles. The number of nitrogen functional groups attached to an aromatic ring is 1. The van der Waals surface area contributed by atoms with Crippen molar-refractivity contribution in [2.75, 3.05) is 18.8 Å². The van der Waals surface area contributed by atoms with E-state index in [-0.39, 0.29) is 16.9 Å². The number of aromatic nitrogens is 1. The van der Waals surface area contributed by atoms with E-state index < -0.39 is 5.82 Å². The Kier molecular flexibility index (Phi) is 5.75. The van der Waals surface area contributed by atoms with Crippen LogP contribution in [0.1, 0.15) is 47.3 Å². The second-order valence-electron chi connectivity index (χ2n) is 8.98. The Morgan fingerprint density at radius 3 is 2.62 bits per heavy atom. The monoisotopic (exact) mass is 429 g/mol. The molecule has 2 aromatic carbocycles. The molecule has 1 saturated heterocycles. The van der Waals surface area contributed by atoms with Crippen LogP contribution in [0.2, 0.25) is 0 Å². The van der Waals surface area contributed by atoms with E-state index >= 15 is 0 Å². The van der Waals surface area contributed by atoms with Crippen LogP contribution in [0.5, 0.6) is 0 Å². The zero-order valence-corrected chi connectivity index (χ0v) is 18.2. The number of nitrogens with zero attached hydrogens (tertiary/aromatic N) is 2. The van der Waals surface area contributed by atoms with Crippen molar-refractivity contribution in [3.05, 3.63) is 82.8 Å². The highest BCUT2D eigenvalue weighted by molar-refractivity contribution is 6.17. The molecule has 1 fully saturated rings. The van der Waals surface area contributed by atoms with Crippen molar-refractivity contribution in [2.45, 2.75) is 38.6 Å². The van der Waals surface area contributed by atoms with E-state index in [0.717, 1.165) is 44.5 Å². The van der Waals surface area contributed by atoms with Gasteiger partial charge in [0.15, 0.2) is 5.78 Å². The summed E-state index contributed by atoms with van der Waals surface area (Å²) in [5.74, 6) is 0.0811. The van der Waals surface area contributed by atoms with E-state index in [0.29, 0.717) is 35.5 Å². The fourth-order valence-electron chi connectivity index (χ4n) is 5.04. The van der Waals surface area contributed by atoms with Gasteiger partial charge in [0.05, 0.1) is 27.8 Å². The van der Waals surface area contributed by atoms with Crippen LogP contribution in [0.25, 0.3) is 10.9 Å². The fraction of sp³-hybridized carbons (Fsp3) is 0.333. The van der Waals surface area contributed by atoms with Gasteiger partial charge in [-0.2, -0.15) is 0 Å². The van der Waals surface area contributed by atoms with Gasteiger partial charge in [0.25, 0.3) is 0 Å². The van der Waals surface area contributed by atoms with Crippen molar-refractivity contribution >= 4 is 22.4 Å². The van der Waals surface area contributed by atoms with Gasteiger partial charge in [-0.05, 0) is 74.4 Å². The van der Waals surface area contributed by atoms with E-state index in [1.54, 1.807) is 12.1 Å². The Morgan fingerprint density at radius 2 is 1.84 bits per heavy atom. The molecule has 2 aliphatic rings. The SMILES string of the molecule is Nc1c2c(nc3cccc(F)c13)CC/C(=C/CC1CCN(Cc3ccccc3)CC1)C2=O. The molecule has 2 heterocycles. The highest BCUT2D eigenvalue weighted by Crippen LogP contribution is 2.35. The topological polar surface area (TPSA) is 59.2 Å². The summed E-state index contributed by atoms with van der Waals surface area (Å²) in [6.45, 7) is 3.17. The van der Waals surface area contributed by atoms with Crippen LogP contribution >= 0.6 is 0 Å². The Morgan fingerprint density at radius 1 is 1.06 bits per heavy atom. The number of fused-ring (bicyclic) bond motifs is 2. The van der Waals surface area contributed by atoms with Crippen molar-refractivity contribution in [2.24, 2.45) is 5.92 Å². The molecule has 1 aromatic heterocycles. The molecule has 0 amide bonds. The molecule has 0 atom stereocenters. The Labute approximate surface area is 187 Å². The summed E-state index contributed by atoms with van der Waals surface area (Å²) >= 11 is 0. The largest absolute Gasteiger partial charge is 0.397 e. The molecule has 5 heteroatoms. The maximum atomic E-state index is 14.4. The molecule has 0 bridgehead atoms. The smallest absolute Gasteiger partial charge is 0.192 e. The lowest BCUT2D eigenvalue weighted by molar-refractivity contribution is 0.102. The Hall–Kier alpha value is -3.05. The molecule has 1 aliphatic heterocycles. The van der Waals surface area contributed by atoms with E-state index in [2.05, 4.69) is 46.3 Å². The van der Waals surface area contributed by atoms with Crippen molar-refractivity contribution < 1.29 is 9.18 Å². The van der Waals surface area contributed by atoms with E-state index in [4.69, 9.17) is 5.73 Å². The van der Waals surface area contributed by atoms with Gasteiger partial charge < -0.3 is 5.73 Å². The Bertz CT molecular complexity index is 1180. The van der Waals surface area contributed by atoms with Crippen molar-refractivity contribution in [1.82, 2.24) is 9.88 Å². The number of benzene rings is 2. The maximum Gasteiger partial charge on any atom is 0.192 e. The van der Waals surface area contributed by atoms with Crippen molar-refractivity contribution in [1.29, 1.82) is 0 Å². The third kappa shape index (κ3) is 4.05. The zero-order valence-electron chi connectivity index (χ0n) is 18.2. The van der Waals surface area contributed by atoms with Gasteiger partial charge in [0, 0.05) is 6.54 Å². The molecule has 0 radical (unpaired) electrons. The lowest BCUT2D eigenvalue weighted by Gasteiger charge is -2.31. The molecule has 0 unspecified atom stereocenters. The van der Waals surface area contributed by atoms with E-state index in [1.807, 2.05) is 0 Å². The van der Waals surface area contributed by atoms with E-state index in [1.165, 1.54) is 11.6 Å². The number of aryl methyl sites for hydroxylation is 1. The second kappa shape index (κ2) is 8.83. The molecule has 0 saturated carbocycles. The summed E-state index contributed by atoms with van der Waals surface area (Å²) in [5, 5.41) is 0.256. The fourth-order valence-corrected chi connectivity index (χ4v) is 5.04. The van der Waals surface area contributed by atoms with Gasteiger partial charge in [-0.3, -0.25) is 14.7 Å². The Balaban J connectivity index is 1.26. The number of likely N-dealkylation sites (tertiary alicyclic amines) is 1. The number of piperidine rings is 1. The first-order chi connectivity index (χ1) is 15.6. The number of hydrogen-bond acceptors (Lipinski definition) is 4. The van der Waals surface area contributed by atoms with Crippen LogP contribution in [-0.2, 0) is 13.0 Å². The van der Waals surface area contributed by atoms with Crippen LogP contribution in [0, 0.1) is 11.7 Å². The molecule has 164 valence electrons. The number of Topliss-reactive ketones (excluding diaryl/α,β-unsaturated/α-hetero) is 1.